The molecule has 6 nitrogen and oxygen atoms in total. The Labute approximate surface area is 172 Å². The summed E-state index contributed by atoms with van der Waals surface area (Å²) in [5.41, 5.74) is 2.86. The number of benzene rings is 2. The van der Waals surface area contributed by atoms with Crippen molar-refractivity contribution < 1.29 is 14.3 Å². The minimum absolute atomic E-state index is 0.00902. The number of nitrogens with zero attached hydrogens (tertiary/aromatic N) is 1. The van der Waals surface area contributed by atoms with Gasteiger partial charge in [0.25, 0.3) is 5.91 Å². The molecule has 2 N–H and O–H groups in total. The highest BCUT2D eigenvalue weighted by atomic mass is 16.5. The van der Waals surface area contributed by atoms with Gasteiger partial charge in [0.05, 0.1) is 20.3 Å². The highest BCUT2D eigenvalue weighted by Crippen LogP contribution is 2.30. The monoisotopic (exact) mass is 393 g/mol. The maximum absolute atomic E-state index is 12.5. The van der Waals surface area contributed by atoms with E-state index in [1.54, 1.807) is 26.4 Å². The molecule has 2 aromatic rings. The number of carbonyl (C=O) groups is 1. The van der Waals surface area contributed by atoms with Gasteiger partial charge in [0.15, 0.2) is 11.5 Å². The first-order chi connectivity index (χ1) is 13.9. The molecule has 0 aliphatic rings. The van der Waals surface area contributed by atoms with Crippen LogP contribution in [0.2, 0.25) is 0 Å². The fraction of sp³-hybridized carbons (Fsp3) is 0.304. The summed E-state index contributed by atoms with van der Waals surface area (Å²) >= 11 is 0. The van der Waals surface area contributed by atoms with Crippen molar-refractivity contribution in [2.24, 2.45) is 0 Å². The molecule has 0 spiro atoms. The highest BCUT2D eigenvalue weighted by Gasteiger charge is 2.15. The Bertz CT molecular complexity index is 912. The third kappa shape index (κ3) is 5.76. The summed E-state index contributed by atoms with van der Waals surface area (Å²) in [5, 5.41) is 15.2. The molecule has 0 saturated heterocycles. The van der Waals surface area contributed by atoms with Crippen LogP contribution in [0.1, 0.15) is 43.9 Å². The Hall–Kier alpha value is -3.46. The van der Waals surface area contributed by atoms with Gasteiger partial charge in [-0.25, -0.2) is 0 Å². The van der Waals surface area contributed by atoms with Gasteiger partial charge in [-0.1, -0.05) is 32.0 Å². The largest absolute Gasteiger partial charge is 0.493 e. The number of nitrogens with one attached hydrogen (secondary N) is 2. The highest BCUT2D eigenvalue weighted by molar-refractivity contribution is 5.97. The van der Waals surface area contributed by atoms with Gasteiger partial charge in [0, 0.05) is 11.9 Å². The lowest BCUT2D eigenvalue weighted by Gasteiger charge is -2.16. The Morgan fingerprint density at radius 3 is 2.17 bits per heavy atom. The molecule has 1 atom stereocenters. The minimum atomic E-state index is -0.457. The first-order valence-corrected chi connectivity index (χ1v) is 9.39. The van der Waals surface area contributed by atoms with Crippen LogP contribution in [0.15, 0.2) is 54.2 Å². The first kappa shape index (κ1) is 21.8. The third-order valence-electron chi connectivity index (χ3n) is 4.58. The molecule has 0 bridgehead atoms. The third-order valence-corrected chi connectivity index (χ3v) is 4.58. The SMILES string of the molecule is COc1ccc(C(C)NC(=O)/C(C#N)=C\Nc2ccc(C(C)C)cc2)cc1OC. The van der Waals surface area contributed by atoms with Gasteiger partial charge in [0.1, 0.15) is 11.6 Å². The smallest absolute Gasteiger partial charge is 0.263 e. The molecule has 0 aliphatic heterocycles. The lowest BCUT2D eigenvalue weighted by Crippen LogP contribution is -2.28. The van der Waals surface area contributed by atoms with Gasteiger partial charge in [-0.3, -0.25) is 4.79 Å². The summed E-state index contributed by atoms with van der Waals surface area (Å²) in [6.07, 6.45) is 1.42. The van der Waals surface area contributed by atoms with Crippen molar-refractivity contribution in [2.75, 3.05) is 19.5 Å². The second kappa shape index (κ2) is 10.2. The molecule has 1 amide bonds. The number of hydrogen-bond donors (Lipinski definition) is 2. The molecule has 0 aliphatic carbocycles. The van der Waals surface area contributed by atoms with Crippen LogP contribution >= 0.6 is 0 Å². The molecule has 29 heavy (non-hydrogen) atoms. The second-order valence-corrected chi connectivity index (χ2v) is 6.90. The number of anilines is 1. The Morgan fingerprint density at radius 2 is 1.62 bits per heavy atom. The van der Waals surface area contributed by atoms with Gasteiger partial charge in [-0.05, 0) is 48.2 Å². The lowest BCUT2D eigenvalue weighted by molar-refractivity contribution is -0.117. The molecule has 0 radical (unpaired) electrons. The number of carbonyl (C=O) groups excluding carboxylic acids is 1. The number of methoxy groups -OCH3 is 2. The molecule has 6 heteroatoms. The zero-order valence-corrected chi connectivity index (χ0v) is 17.4. The number of nitriles is 1. The standard InChI is InChI=1S/C23H27N3O3/c1-15(2)17-6-9-20(10-7-17)25-14-19(13-24)23(27)26-16(3)18-8-11-21(28-4)22(12-18)29-5/h6-12,14-16,25H,1-5H3,(H,26,27)/b19-14-. The molecule has 2 aromatic carbocycles. The van der Waals surface area contributed by atoms with E-state index in [-0.39, 0.29) is 11.6 Å². The summed E-state index contributed by atoms with van der Waals surface area (Å²) in [7, 11) is 3.12. The Balaban J connectivity index is 2.07. The maximum Gasteiger partial charge on any atom is 0.263 e. The summed E-state index contributed by atoms with van der Waals surface area (Å²) in [5.74, 6) is 1.17. The molecule has 1 unspecified atom stereocenters. The summed E-state index contributed by atoms with van der Waals surface area (Å²) < 4.78 is 10.5. The average molecular weight is 393 g/mol. The topological polar surface area (TPSA) is 83.4 Å². The molecule has 152 valence electrons. The van der Waals surface area contributed by atoms with Crippen molar-refractivity contribution in [1.29, 1.82) is 5.26 Å². The van der Waals surface area contributed by atoms with E-state index in [0.717, 1.165) is 11.3 Å². The van der Waals surface area contributed by atoms with Crippen LogP contribution in [0.3, 0.4) is 0 Å². The van der Waals surface area contributed by atoms with E-state index in [2.05, 4.69) is 24.5 Å². The van der Waals surface area contributed by atoms with Gasteiger partial charge in [-0.15, -0.1) is 0 Å². The van der Waals surface area contributed by atoms with E-state index in [0.29, 0.717) is 17.4 Å². The van der Waals surface area contributed by atoms with Crippen molar-refractivity contribution in [3.8, 4) is 17.6 Å². The predicted octanol–water partition coefficient (Wildman–Crippen LogP) is 4.52. The quantitative estimate of drug-likeness (QED) is 0.509. The number of ether oxygens (including phenoxy) is 2. The van der Waals surface area contributed by atoms with E-state index in [4.69, 9.17) is 9.47 Å². The Kier molecular flexibility index (Phi) is 7.67. The maximum atomic E-state index is 12.5. The van der Waals surface area contributed by atoms with E-state index < -0.39 is 5.91 Å². The van der Waals surface area contributed by atoms with E-state index in [1.807, 2.05) is 43.3 Å². The normalized spacial score (nSPS) is 12.1. The minimum Gasteiger partial charge on any atom is -0.493 e. The second-order valence-electron chi connectivity index (χ2n) is 6.90. The summed E-state index contributed by atoms with van der Waals surface area (Å²) in [6, 6.07) is 14.9. The number of amides is 1. The van der Waals surface area contributed by atoms with Crippen molar-refractivity contribution in [3.63, 3.8) is 0 Å². The molecule has 2 rings (SSSR count). The average Bonchev–Trinajstić information content (AvgIpc) is 2.73. The molecule has 0 fully saturated rings. The van der Waals surface area contributed by atoms with Gasteiger partial charge >= 0.3 is 0 Å². The fourth-order valence-electron chi connectivity index (χ4n) is 2.75. The predicted molar refractivity (Wildman–Crippen MR) is 114 cm³/mol. The van der Waals surface area contributed by atoms with Crippen LogP contribution in [0.5, 0.6) is 11.5 Å². The van der Waals surface area contributed by atoms with Crippen LogP contribution in [0, 0.1) is 11.3 Å². The number of hydrogen-bond acceptors (Lipinski definition) is 5. The van der Waals surface area contributed by atoms with Gasteiger partial charge < -0.3 is 20.1 Å². The molecule has 0 heterocycles. The first-order valence-electron chi connectivity index (χ1n) is 9.39. The van der Waals surface area contributed by atoms with Crippen molar-refractivity contribution in [1.82, 2.24) is 5.32 Å². The van der Waals surface area contributed by atoms with E-state index in [9.17, 15) is 10.1 Å². The zero-order valence-electron chi connectivity index (χ0n) is 17.4. The Morgan fingerprint density at radius 1 is 1.00 bits per heavy atom. The molecular formula is C23H27N3O3. The zero-order chi connectivity index (χ0) is 21.4. The van der Waals surface area contributed by atoms with E-state index in [1.165, 1.54) is 11.8 Å². The molecule has 0 aromatic heterocycles. The van der Waals surface area contributed by atoms with Crippen LogP contribution in [-0.2, 0) is 4.79 Å². The van der Waals surface area contributed by atoms with Crippen molar-refractivity contribution in [3.05, 3.63) is 65.4 Å². The molecule has 0 saturated carbocycles. The molecular weight excluding hydrogens is 366 g/mol. The summed E-state index contributed by atoms with van der Waals surface area (Å²) in [4.78, 5) is 12.5. The van der Waals surface area contributed by atoms with E-state index >= 15 is 0 Å². The van der Waals surface area contributed by atoms with Crippen molar-refractivity contribution in [2.45, 2.75) is 32.7 Å². The van der Waals surface area contributed by atoms with Crippen LogP contribution in [0.25, 0.3) is 0 Å². The van der Waals surface area contributed by atoms with Crippen LogP contribution in [-0.4, -0.2) is 20.1 Å². The lowest BCUT2D eigenvalue weighted by atomic mass is 10.0. The fourth-order valence-corrected chi connectivity index (χ4v) is 2.75. The van der Waals surface area contributed by atoms with Crippen LogP contribution < -0.4 is 20.1 Å². The van der Waals surface area contributed by atoms with Gasteiger partial charge in [0.2, 0.25) is 0 Å². The number of rotatable bonds is 8. The van der Waals surface area contributed by atoms with Gasteiger partial charge in [-0.2, -0.15) is 5.26 Å². The van der Waals surface area contributed by atoms with Crippen LogP contribution in [0.4, 0.5) is 5.69 Å². The van der Waals surface area contributed by atoms with Crippen molar-refractivity contribution >= 4 is 11.6 Å². The summed E-state index contributed by atoms with van der Waals surface area (Å²) in [6.45, 7) is 6.09.